The van der Waals surface area contributed by atoms with Gasteiger partial charge in [0.15, 0.2) is 17.3 Å². The molecule has 1 aliphatic rings. The van der Waals surface area contributed by atoms with Crippen LogP contribution in [0.25, 0.3) is 0 Å². The van der Waals surface area contributed by atoms with Crippen LogP contribution in [-0.2, 0) is 20.5 Å². The SMILES string of the molecule is COc1ccc([N+](=O)[O-])cc1S(=O)N(CCCC1OCCO1)c1ccc(Br)cc1. The first-order chi connectivity index (χ1) is 14.0. The minimum absolute atomic E-state index is 0.141. The van der Waals surface area contributed by atoms with E-state index >= 15 is 0 Å². The summed E-state index contributed by atoms with van der Waals surface area (Å²) in [6.07, 6.45) is 1.09. The topological polar surface area (TPSA) is 91.1 Å². The number of methoxy groups -OCH3 is 1. The number of hydrogen-bond donors (Lipinski definition) is 0. The van der Waals surface area contributed by atoms with Gasteiger partial charge in [0, 0.05) is 35.3 Å². The summed E-state index contributed by atoms with van der Waals surface area (Å²) in [5, 5.41) is 11.2. The number of hydrogen-bond acceptors (Lipinski definition) is 6. The third-order valence-corrected chi connectivity index (χ3v) is 6.37. The molecule has 1 atom stereocenters. The summed E-state index contributed by atoms with van der Waals surface area (Å²) in [6.45, 7) is 1.61. The van der Waals surface area contributed by atoms with E-state index in [1.807, 2.05) is 24.3 Å². The molecule has 29 heavy (non-hydrogen) atoms. The molecule has 0 N–H and O–H groups in total. The number of anilines is 1. The average molecular weight is 485 g/mol. The van der Waals surface area contributed by atoms with Gasteiger partial charge >= 0.3 is 0 Å². The number of nitro benzene ring substituents is 1. The third kappa shape index (κ3) is 5.53. The van der Waals surface area contributed by atoms with Gasteiger partial charge in [0.1, 0.15) is 10.6 Å². The quantitative estimate of drug-likeness (QED) is 0.393. The van der Waals surface area contributed by atoms with Gasteiger partial charge in [-0.15, -0.1) is 0 Å². The average Bonchev–Trinajstić information content (AvgIpc) is 3.24. The minimum Gasteiger partial charge on any atom is -0.495 e. The van der Waals surface area contributed by atoms with Gasteiger partial charge in [0.2, 0.25) is 0 Å². The van der Waals surface area contributed by atoms with Crippen molar-refractivity contribution >= 4 is 38.3 Å². The fourth-order valence-corrected chi connectivity index (χ4v) is 4.58. The second-order valence-corrected chi connectivity index (χ2v) is 8.53. The van der Waals surface area contributed by atoms with Crippen molar-refractivity contribution in [2.45, 2.75) is 24.0 Å². The summed E-state index contributed by atoms with van der Waals surface area (Å²) in [7, 11) is -0.268. The van der Waals surface area contributed by atoms with Crippen molar-refractivity contribution in [1.82, 2.24) is 0 Å². The number of ether oxygens (including phenoxy) is 3. The van der Waals surface area contributed by atoms with Crippen LogP contribution < -0.4 is 9.04 Å². The van der Waals surface area contributed by atoms with Crippen LogP contribution >= 0.6 is 15.9 Å². The molecule has 1 saturated heterocycles. The minimum atomic E-state index is -1.71. The van der Waals surface area contributed by atoms with Gasteiger partial charge in [0.05, 0.1) is 25.2 Å². The zero-order valence-electron chi connectivity index (χ0n) is 15.8. The largest absolute Gasteiger partial charge is 0.495 e. The molecule has 0 aliphatic carbocycles. The highest BCUT2D eigenvalue weighted by molar-refractivity contribution is 9.10. The Morgan fingerprint density at radius 1 is 1.24 bits per heavy atom. The molecular weight excluding hydrogens is 464 g/mol. The first kappa shape index (κ1) is 21.7. The number of rotatable bonds is 9. The van der Waals surface area contributed by atoms with E-state index in [1.54, 1.807) is 4.31 Å². The Balaban J connectivity index is 1.87. The van der Waals surface area contributed by atoms with Gasteiger partial charge in [-0.3, -0.25) is 14.4 Å². The Morgan fingerprint density at radius 3 is 2.55 bits per heavy atom. The maximum atomic E-state index is 13.5. The summed E-state index contributed by atoms with van der Waals surface area (Å²) in [5.41, 5.74) is 0.589. The molecule has 1 fully saturated rings. The Hall–Kier alpha value is -2.01. The molecule has 0 bridgehead atoms. The monoisotopic (exact) mass is 484 g/mol. The molecule has 2 aromatic rings. The summed E-state index contributed by atoms with van der Waals surface area (Å²) in [6, 6.07) is 11.5. The van der Waals surface area contributed by atoms with Gasteiger partial charge in [0.25, 0.3) is 5.69 Å². The van der Waals surface area contributed by atoms with Gasteiger partial charge in [-0.1, -0.05) is 15.9 Å². The number of non-ortho nitro benzene ring substituents is 1. The van der Waals surface area contributed by atoms with Crippen LogP contribution in [0.4, 0.5) is 11.4 Å². The predicted octanol–water partition coefficient (Wildman–Crippen LogP) is 4.05. The van der Waals surface area contributed by atoms with Crippen LogP contribution in [0.2, 0.25) is 0 Å². The molecule has 156 valence electrons. The normalized spacial score (nSPS) is 15.2. The molecule has 1 aliphatic heterocycles. The van der Waals surface area contributed by atoms with Crippen LogP contribution in [0.15, 0.2) is 51.8 Å². The van der Waals surface area contributed by atoms with Crippen LogP contribution in [0.5, 0.6) is 5.75 Å². The fourth-order valence-electron chi connectivity index (χ4n) is 2.92. The highest BCUT2D eigenvalue weighted by atomic mass is 79.9. The molecule has 2 aromatic carbocycles. The van der Waals surface area contributed by atoms with E-state index in [1.165, 1.54) is 25.3 Å². The van der Waals surface area contributed by atoms with Gasteiger partial charge in [-0.05, 0) is 36.8 Å². The summed E-state index contributed by atoms with van der Waals surface area (Å²) in [4.78, 5) is 10.9. The van der Waals surface area contributed by atoms with E-state index in [-0.39, 0.29) is 16.9 Å². The Bertz CT molecular complexity index is 874. The van der Waals surface area contributed by atoms with Crippen molar-refractivity contribution in [1.29, 1.82) is 0 Å². The second-order valence-electron chi connectivity index (χ2n) is 6.23. The number of nitro groups is 1. The molecule has 1 unspecified atom stereocenters. The van der Waals surface area contributed by atoms with Gasteiger partial charge in [-0.2, -0.15) is 0 Å². The summed E-state index contributed by atoms with van der Waals surface area (Å²) < 4.78 is 32.3. The molecule has 1 heterocycles. The van der Waals surface area contributed by atoms with Gasteiger partial charge in [-0.25, -0.2) is 4.21 Å². The second kappa shape index (κ2) is 10.1. The van der Waals surface area contributed by atoms with Crippen LogP contribution in [0, 0.1) is 10.1 Å². The Kier molecular flexibility index (Phi) is 7.59. The fraction of sp³-hybridized carbons (Fsp3) is 0.368. The van der Waals surface area contributed by atoms with Crippen LogP contribution in [0.3, 0.4) is 0 Å². The standard InChI is InChI=1S/C19H21BrN2O6S/c1-26-17-9-8-16(22(23)24)13-18(17)29(25)21(15-6-4-14(20)5-7-15)10-2-3-19-27-11-12-28-19/h4-9,13,19H,2-3,10-12H2,1H3. The lowest BCUT2D eigenvalue weighted by molar-refractivity contribution is -0.385. The van der Waals surface area contributed by atoms with E-state index in [9.17, 15) is 14.3 Å². The number of benzene rings is 2. The van der Waals surface area contributed by atoms with E-state index in [0.29, 0.717) is 38.3 Å². The lowest BCUT2D eigenvalue weighted by atomic mass is 10.2. The van der Waals surface area contributed by atoms with E-state index in [2.05, 4.69) is 15.9 Å². The molecule has 0 radical (unpaired) electrons. The lowest BCUT2D eigenvalue weighted by Gasteiger charge is -2.25. The highest BCUT2D eigenvalue weighted by Crippen LogP contribution is 2.31. The first-order valence-electron chi connectivity index (χ1n) is 9.00. The molecule has 0 saturated carbocycles. The van der Waals surface area contributed by atoms with Gasteiger partial charge < -0.3 is 14.2 Å². The maximum absolute atomic E-state index is 13.5. The highest BCUT2D eigenvalue weighted by Gasteiger charge is 2.24. The third-order valence-electron chi connectivity index (χ3n) is 4.35. The molecule has 0 amide bonds. The van der Waals surface area contributed by atoms with E-state index < -0.39 is 15.9 Å². The lowest BCUT2D eigenvalue weighted by Crippen LogP contribution is -2.28. The molecular formula is C19H21BrN2O6S. The molecule has 10 heteroatoms. The smallest absolute Gasteiger partial charge is 0.270 e. The zero-order chi connectivity index (χ0) is 20.8. The van der Waals surface area contributed by atoms with Crippen LogP contribution in [0.1, 0.15) is 12.8 Å². The first-order valence-corrected chi connectivity index (χ1v) is 10.9. The zero-order valence-corrected chi connectivity index (χ0v) is 18.2. The van der Waals surface area contributed by atoms with Crippen LogP contribution in [-0.4, -0.2) is 42.3 Å². The van der Waals surface area contributed by atoms with E-state index in [0.717, 1.165) is 10.2 Å². The summed E-state index contributed by atoms with van der Waals surface area (Å²) in [5.74, 6) is 0.332. The molecule has 8 nitrogen and oxygen atoms in total. The van der Waals surface area contributed by atoms with Crippen molar-refractivity contribution in [3.05, 3.63) is 57.1 Å². The van der Waals surface area contributed by atoms with E-state index in [4.69, 9.17) is 14.2 Å². The van der Waals surface area contributed by atoms with Crippen molar-refractivity contribution in [3.8, 4) is 5.75 Å². The Morgan fingerprint density at radius 2 is 1.93 bits per heavy atom. The van der Waals surface area contributed by atoms with Crippen molar-refractivity contribution in [2.75, 3.05) is 31.2 Å². The number of nitrogens with zero attached hydrogens (tertiary/aromatic N) is 2. The maximum Gasteiger partial charge on any atom is 0.270 e. The van der Waals surface area contributed by atoms with Crippen molar-refractivity contribution in [3.63, 3.8) is 0 Å². The Labute approximate surface area is 179 Å². The molecule has 0 spiro atoms. The van der Waals surface area contributed by atoms with Crippen molar-refractivity contribution in [2.24, 2.45) is 0 Å². The number of halogens is 1. The molecule has 0 aromatic heterocycles. The summed E-state index contributed by atoms with van der Waals surface area (Å²) >= 11 is 3.40. The predicted molar refractivity (Wildman–Crippen MR) is 112 cm³/mol. The molecule has 3 rings (SSSR count). The van der Waals surface area contributed by atoms with Crippen molar-refractivity contribution < 1.29 is 23.3 Å².